The molecule has 0 atom stereocenters. The van der Waals surface area contributed by atoms with Crippen molar-refractivity contribution < 1.29 is 19.3 Å². The van der Waals surface area contributed by atoms with Crippen LogP contribution in [-0.2, 0) is 14.2 Å². The molecule has 0 aromatic carbocycles. The van der Waals surface area contributed by atoms with Gasteiger partial charge in [-0.15, -0.1) is 0 Å². The molecule has 13 heavy (non-hydrogen) atoms. The molecule has 0 aliphatic rings. The first-order valence-electron chi connectivity index (χ1n) is 4.67. The number of aliphatic hydroxyl groups excluding tert-OH is 1. The van der Waals surface area contributed by atoms with Crippen LogP contribution in [0.4, 0.5) is 0 Å². The van der Waals surface area contributed by atoms with E-state index in [2.05, 4.69) is 0 Å². The molecule has 0 radical (unpaired) electrons. The van der Waals surface area contributed by atoms with Gasteiger partial charge in [-0.2, -0.15) is 0 Å². The van der Waals surface area contributed by atoms with E-state index in [0.717, 1.165) is 19.3 Å². The molecule has 4 heteroatoms. The number of aliphatic hydroxyl groups is 1. The van der Waals surface area contributed by atoms with Crippen molar-refractivity contribution in [3.05, 3.63) is 0 Å². The molecule has 0 amide bonds. The zero-order chi connectivity index (χ0) is 9.78. The smallest absolute Gasteiger partial charge is 0.146 e. The standard InChI is InChI=1S/C9H20O4/c1-11-7-8-13-9-12-6-4-2-3-5-10/h10H,2-9H2,1H3. The fraction of sp³-hybridized carbons (Fsp3) is 1.00. The molecule has 0 aromatic rings. The molecule has 0 aliphatic heterocycles. The lowest BCUT2D eigenvalue weighted by atomic mass is 10.2. The molecule has 0 saturated carbocycles. The van der Waals surface area contributed by atoms with Crippen molar-refractivity contribution in [2.75, 3.05) is 40.3 Å². The van der Waals surface area contributed by atoms with Crippen LogP contribution in [0.3, 0.4) is 0 Å². The second-order valence-corrected chi connectivity index (χ2v) is 2.71. The van der Waals surface area contributed by atoms with Gasteiger partial charge in [0.2, 0.25) is 0 Å². The fourth-order valence-electron chi connectivity index (χ4n) is 0.812. The first-order chi connectivity index (χ1) is 6.41. The van der Waals surface area contributed by atoms with Crippen LogP contribution < -0.4 is 0 Å². The van der Waals surface area contributed by atoms with Crippen molar-refractivity contribution in [1.82, 2.24) is 0 Å². The van der Waals surface area contributed by atoms with E-state index in [9.17, 15) is 0 Å². The Morgan fingerprint density at radius 1 is 0.923 bits per heavy atom. The normalized spacial score (nSPS) is 10.6. The summed E-state index contributed by atoms with van der Waals surface area (Å²) in [6.45, 7) is 2.49. The predicted molar refractivity (Wildman–Crippen MR) is 49.6 cm³/mol. The van der Waals surface area contributed by atoms with Crippen molar-refractivity contribution in [3.63, 3.8) is 0 Å². The predicted octanol–water partition coefficient (Wildman–Crippen LogP) is 0.786. The van der Waals surface area contributed by atoms with Gasteiger partial charge in [-0.05, 0) is 19.3 Å². The number of ether oxygens (including phenoxy) is 3. The molecule has 0 rings (SSSR count). The van der Waals surface area contributed by atoms with Crippen molar-refractivity contribution in [2.45, 2.75) is 19.3 Å². The minimum Gasteiger partial charge on any atom is -0.396 e. The highest BCUT2D eigenvalue weighted by Gasteiger charge is 1.90. The van der Waals surface area contributed by atoms with Gasteiger partial charge in [0.25, 0.3) is 0 Å². The summed E-state index contributed by atoms with van der Waals surface area (Å²) in [5.41, 5.74) is 0. The number of rotatable bonds is 10. The topological polar surface area (TPSA) is 47.9 Å². The summed E-state index contributed by atoms with van der Waals surface area (Å²) in [5, 5.41) is 8.49. The Labute approximate surface area is 79.8 Å². The van der Waals surface area contributed by atoms with Gasteiger partial charge in [0, 0.05) is 20.3 Å². The van der Waals surface area contributed by atoms with E-state index in [0.29, 0.717) is 26.6 Å². The summed E-state index contributed by atoms with van der Waals surface area (Å²) < 4.78 is 15.0. The molecule has 0 spiro atoms. The Hall–Kier alpha value is -0.160. The Balaban J connectivity index is 2.76. The van der Waals surface area contributed by atoms with E-state index in [-0.39, 0.29) is 6.61 Å². The maximum absolute atomic E-state index is 8.49. The van der Waals surface area contributed by atoms with E-state index in [1.165, 1.54) is 0 Å². The molecular formula is C9H20O4. The van der Waals surface area contributed by atoms with Crippen LogP contribution in [0.15, 0.2) is 0 Å². The van der Waals surface area contributed by atoms with Gasteiger partial charge in [0.15, 0.2) is 0 Å². The van der Waals surface area contributed by atoms with Crippen LogP contribution in [0.1, 0.15) is 19.3 Å². The van der Waals surface area contributed by atoms with Crippen LogP contribution in [0.25, 0.3) is 0 Å². The summed E-state index contributed by atoms with van der Waals surface area (Å²) >= 11 is 0. The SMILES string of the molecule is COCCOCOCCCCCO. The highest BCUT2D eigenvalue weighted by atomic mass is 16.7. The molecule has 0 aromatic heterocycles. The largest absolute Gasteiger partial charge is 0.396 e. The van der Waals surface area contributed by atoms with Gasteiger partial charge in [0.1, 0.15) is 6.79 Å². The van der Waals surface area contributed by atoms with Gasteiger partial charge in [-0.3, -0.25) is 0 Å². The maximum atomic E-state index is 8.49. The van der Waals surface area contributed by atoms with Crippen molar-refractivity contribution >= 4 is 0 Å². The molecule has 0 unspecified atom stereocenters. The summed E-state index contributed by atoms with van der Waals surface area (Å²) in [5.74, 6) is 0. The molecule has 1 N–H and O–H groups in total. The number of unbranched alkanes of at least 4 members (excludes halogenated alkanes) is 2. The maximum Gasteiger partial charge on any atom is 0.146 e. The lowest BCUT2D eigenvalue weighted by Gasteiger charge is -2.04. The number of hydrogen-bond donors (Lipinski definition) is 1. The highest BCUT2D eigenvalue weighted by molar-refractivity contribution is 4.37. The molecule has 0 heterocycles. The van der Waals surface area contributed by atoms with Crippen LogP contribution in [0.2, 0.25) is 0 Å². The lowest BCUT2D eigenvalue weighted by Crippen LogP contribution is -2.06. The summed E-state index contributed by atoms with van der Waals surface area (Å²) in [6, 6.07) is 0. The van der Waals surface area contributed by atoms with Gasteiger partial charge in [0.05, 0.1) is 13.2 Å². The van der Waals surface area contributed by atoms with E-state index >= 15 is 0 Å². The minimum absolute atomic E-state index is 0.268. The summed E-state index contributed by atoms with van der Waals surface area (Å²) in [4.78, 5) is 0. The van der Waals surface area contributed by atoms with Crippen LogP contribution in [0, 0.1) is 0 Å². The van der Waals surface area contributed by atoms with Crippen molar-refractivity contribution in [2.24, 2.45) is 0 Å². The Kier molecular flexibility index (Phi) is 11.7. The quantitative estimate of drug-likeness (QED) is 0.410. The van der Waals surface area contributed by atoms with Crippen LogP contribution >= 0.6 is 0 Å². The lowest BCUT2D eigenvalue weighted by molar-refractivity contribution is -0.0664. The van der Waals surface area contributed by atoms with Crippen LogP contribution in [-0.4, -0.2) is 45.4 Å². The first-order valence-corrected chi connectivity index (χ1v) is 4.67. The van der Waals surface area contributed by atoms with Gasteiger partial charge in [-0.1, -0.05) is 0 Å². The third-order valence-electron chi connectivity index (χ3n) is 1.55. The number of methoxy groups -OCH3 is 1. The van der Waals surface area contributed by atoms with Gasteiger partial charge < -0.3 is 19.3 Å². The third-order valence-corrected chi connectivity index (χ3v) is 1.55. The van der Waals surface area contributed by atoms with Gasteiger partial charge >= 0.3 is 0 Å². The van der Waals surface area contributed by atoms with Crippen LogP contribution in [0.5, 0.6) is 0 Å². The Morgan fingerprint density at radius 3 is 2.38 bits per heavy atom. The Morgan fingerprint density at radius 2 is 1.69 bits per heavy atom. The molecule has 0 fully saturated rings. The summed E-state index contributed by atoms with van der Waals surface area (Å²) in [6.07, 6.45) is 2.84. The molecular weight excluding hydrogens is 172 g/mol. The average Bonchev–Trinajstić information content (AvgIpc) is 2.16. The number of hydrogen-bond acceptors (Lipinski definition) is 4. The monoisotopic (exact) mass is 192 g/mol. The van der Waals surface area contributed by atoms with Gasteiger partial charge in [-0.25, -0.2) is 0 Å². The molecule has 80 valence electrons. The van der Waals surface area contributed by atoms with Crippen molar-refractivity contribution in [1.29, 1.82) is 0 Å². The first kappa shape index (κ1) is 12.8. The minimum atomic E-state index is 0.268. The van der Waals surface area contributed by atoms with E-state index in [1.54, 1.807) is 7.11 Å². The third kappa shape index (κ3) is 11.8. The zero-order valence-corrected chi connectivity index (χ0v) is 8.33. The van der Waals surface area contributed by atoms with E-state index in [1.807, 2.05) is 0 Å². The Bertz CT molecular complexity index is 77.7. The van der Waals surface area contributed by atoms with E-state index < -0.39 is 0 Å². The highest BCUT2D eigenvalue weighted by Crippen LogP contribution is 1.94. The molecule has 0 aliphatic carbocycles. The fourth-order valence-corrected chi connectivity index (χ4v) is 0.812. The molecule has 4 nitrogen and oxygen atoms in total. The molecule has 0 saturated heterocycles. The van der Waals surface area contributed by atoms with Crippen molar-refractivity contribution in [3.8, 4) is 0 Å². The summed E-state index contributed by atoms with van der Waals surface area (Å²) in [7, 11) is 1.64. The second kappa shape index (κ2) is 11.8. The zero-order valence-electron chi connectivity index (χ0n) is 8.33. The second-order valence-electron chi connectivity index (χ2n) is 2.71. The molecule has 0 bridgehead atoms. The average molecular weight is 192 g/mol. The van der Waals surface area contributed by atoms with E-state index in [4.69, 9.17) is 19.3 Å².